The van der Waals surface area contributed by atoms with Crippen LogP contribution in [0.2, 0.25) is 0 Å². The van der Waals surface area contributed by atoms with Gasteiger partial charge in [0.2, 0.25) is 5.91 Å². The molecule has 0 heterocycles. The molecule has 18 heavy (non-hydrogen) atoms. The van der Waals surface area contributed by atoms with Crippen molar-refractivity contribution >= 4 is 5.91 Å². The minimum atomic E-state index is -0.113. The van der Waals surface area contributed by atoms with Crippen molar-refractivity contribution in [3.05, 3.63) is 48.0 Å². The molecule has 1 N–H and O–H groups in total. The minimum Gasteiger partial charge on any atom is -0.352 e. The Morgan fingerprint density at radius 3 is 2.39 bits per heavy atom. The highest BCUT2D eigenvalue weighted by Crippen LogP contribution is 2.17. The van der Waals surface area contributed by atoms with Gasteiger partial charge < -0.3 is 5.32 Å². The van der Waals surface area contributed by atoms with Gasteiger partial charge in [0.15, 0.2) is 0 Å². The van der Waals surface area contributed by atoms with Crippen LogP contribution in [0.3, 0.4) is 0 Å². The summed E-state index contributed by atoms with van der Waals surface area (Å²) >= 11 is 0. The lowest BCUT2D eigenvalue weighted by atomic mass is 9.96. The Morgan fingerprint density at radius 1 is 1.28 bits per heavy atom. The second kappa shape index (κ2) is 7.00. The molecule has 1 atom stereocenters. The molecule has 1 amide bonds. The monoisotopic (exact) mass is 245 g/mol. The maximum Gasteiger partial charge on any atom is 0.227 e. The topological polar surface area (TPSA) is 29.1 Å². The van der Waals surface area contributed by atoms with Gasteiger partial charge in [-0.3, -0.25) is 4.79 Å². The molecule has 0 saturated carbocycles. The average molecular weight is 245 g/mol. The third kappa shape index (κ3) is 4.36. The van der Waals surface area contributed by atoms with Gasteiger partial charge >= 0.3 is 0 Å². The second-order valence-corrected chi connectivity index (χ2v) is 5.10. The highest BCUT2D eigenvalue weighted by atomic mass is 16.1. The van der Waals surface area contributed by atoms with E-state index in [1.807, 2.05) is 6.92 Å². The Kier molecular flexibility index (Phi) is 5.63. The smallest absolute Gasteiger partial charge is 0.227 e. The number of nitrogens with one attached hydrogen (secondary N) is 1. The molecule has 0 aromatic heterocycles. The quantitative estimate of drug-likeness (QED) is 0.766. The molecule has 0 fully saturated rings. The zero-order valence-corrected chi connectivity index (χ0v) is 11.6. The summed E-state index contributed by atoms with van der Waals surface area (Å²) in [6.07, 6.45) is 2.77. The van der Waals surface area contributed by atoms with E-state index in [-0.39, 0.29) is 11.8 Å². The molecule has 1 rings (SSSR count). The van der Waals surface area contributed by atoms with E-state index in [9.17, 15) is 4.79 Å². The van der Waals surface area contributed by atoms with Crippen LogP contribution in [0, 0.1) is 5.92 Å². The molecule has 0 spiro atoms. The molecule has 2 heteroatoms. The predicted molar refractivity (Wildman–Crippen MR) is 76.6 cm³/mol. The van der Waals surface area contributed by atoms with Crippen molar-refractivity contribution in [3.8, 4) is 0 Å². The zero-order chi connectivity index (χ0) is 13.5. The third-order valence-corrected chi connectivity index (χ3v) is 2.94. The summed E-state index contributed by atoms with van der Waals surface area (Å²) in [6, 6.07) is 8.34. The van der Waals surface area contributed by atoms with Crippen LogP contribution in [-0.4, -0.2) is 12.5 Å². The van der Waals surface area contributed by atoms with Gasteiger partial charge in [-0.1, -0.05) is 44.2 Å². The van der Waals surface area contributed by atoms with Crippen molar-refractivity contribution in [1.29, 1.82) is 0 Å². The first kappa shape index (κ1) is 14.5. The van der Waals surface area contributed by atoms with Crippen LogP contribution in [0.15, 0.2) is 36.9 Å². The van der Waals surface area contributed by atoms with E-state index in [0.717, 1.165) is 12.0 Å². The SMILES string of the molecule is C=CCNC(=O)C(C)c1ccc(CC(C)C)cc1. The lowest BCUT2D eigenvalue weighted by molar-refractivity contribution is -0.121. The molecule has 0 aliphatic heterocycles. The summed E-state index contributed by atoms with van der Waals surface area (Å²) in [5.41, 5.74) is 2.39. The number of carbonyl (C=O) groups excluding carboxylic acids is 1. The highest BCUT2D eigenvalue weighted by Gasteiger charge is 2.13. The first-order chi connectivity index (χ1) is 8.54. The zero-order valence-electron chi connectivity index (χ0n) is 11.6. The van der Waals surface area contributed by atoms with E-state index in [4.69, 9.17) is 0 Å². The van der Waals surface area contributed by atoms with Gasteiger partial charge in [0, 0.05) is 6.54 Å². The number of benzene rings is 1. The van der Waals surface area contributed by atoms with Gasteiger partial charge in [-0.05, 0) is 30.4 Å². The molecule has 0 aliphatic rings. The van der Waals surface area contributed by atoms with Crippen molar-refractivity contribution in [2.75, 3.05) is 6.54 Å². The average Bonchev–Trinajstić information content (AvgIpc) is 2.35. The third-order valence-electron chi connectivity index (χ3n) is 2.94. The molecule has 1 aromatic carbocycles. The highest BCUT2D eigenvalue weighted by molar-refractivity contribution is 5.83. The van der Waals surface area contributed by atoms with Crippen molar-refractivity contribution < 1.29 is 4.79 Å². The van der Waals surface area contributed by atoms with Crippen LogP contribution in [0.5, 0.6) is 0 Å². The van der Waals surface area contributed by atoms with E-state index in [2.05, 4.69) is 50.0 Å². The molecule has 98 valence electrons. The lowest BCUT2D eigenvalue weighted by Crippen LogP contribution is -2.27. The first-order valence-corrected chi connectivity index (χ1v) is 6.52. The van der Waals surface area contributed by atoms with Gasteiger partial charge in [-0.2, -0.15) is 0 Å². The molecule has 1 unspecified atom stereocenters. The standard InChI is InChI=1S/C16H23NO/c1-5-10-17-16(18)13(4)15-8-6-14(7-9-15)11-12(2)3/h5-9,12-13H,1,10-11H2,2-4H3,(H,17,18). The summed E-state index contributed by atoms with van der Waals surface area (Å²) in [6.45, 7) is 10.5. The van der Waals surface area contributed by atoms with Crippen LogP contribution >= 0.6 is 0 Å². The van der Waals surface area contributed by atoms with Gasteiger partial charge in [0.1, 0.15) is 0 Å². The van der Waals surface area contributed by atoms with Crippen molar-refractivity contribution in [2.24, 2.45) is 5.92 Å². The Balaban J connectivity index is 2.66. The van der Waals surface area contributed by atoms with E-state index in [1.165, 1.54) is 5.56 Å². The van der Waals surface area contributed by atoms with Gasteiger partial charge in [0.05, 0.1) is 5.92 Å². The summed E-state index contributed by atoms with van der Waals surface area (Å²) in [5, 5.41) is 2.82. The van der Waals surface area contributed by atoms with Crippen LogP contribution in [-0.2, 0) is 11.2 Å². The molecule has 0 bridgehead atoms. The van der Waals surface area contributed by atoms with Gasteiger partial charge in [0.25, 0.3) is 0 Å². The molecule has 1 aromatic rings. The Morgan fingerprint density at radius 2 is 1.89 bits per heavy atom. The summed E-state index contributed by atoms with van der Waals surface area (Å²) in [5.74, 6) is 0.591. The summed E-state index contributed by atoms with van der Waals surface area (Å²) < 4.78 is 0. The number of hydrogen-bond acceptors (Lipinski definition) is 1. The molecular weight excluding hydrogens is 222 g/mol. The lowest BCUT2D eigenvalue weighted by Gasteiger charge is -2.12. The number of hydrogen-bond donors (Lipinski definition) is 1. The van der Waals surface area contributed by atoms with Crippen LogP contribution in [0.4, 0.5) is 0 Å². The fourth-order valence-corrected chi connectivity index (χ4v) is 1.89. The van der Waals surface area contributed by atoms with Gasteiger partial charge in [-0.15, -0.1) is 6.58 Å². The fraction of sp³-hybridized carbons (Fsp3) is 0.438. The predicted octanol–water partition coefficient (Wildman–Crippen LogP) is 3.29. The number of carbonyl (C=O) groups is 1. The Hall–Kier alpha value is -1.57. The van der Waals surface area contributed by atoms with E-state index in [0.29, 0.717) is 12.5 Å². The normalized spacial score (nSPS) is 12.2. The van der Waals surface area contributed by atoms with E-state index < -0.39 is 0 Å². The fourth-order valence-electron chi connectivity index (χ4n) is 1.89. The maximum atomic E-state index is 11.8. The van der Waals surface area contributed by atoms with Gasteiger partial charge in [-0.25, -0.2) is 0 Å². The molecule has 0 saturated heterocycles. The summed E-state index contributed by atoms with van der Waals surface area (Å²) in [7, 11) is 0. The first-order valence-electron chi connectivity index (χ1n) is 6.52. The summed E-state index contributed by atoms with van der Waals surface area (Å²) in [4.78, 5) is 11.8. The van der Waals surface area contributed by atoms with Crippen LogP contribution in [0.25, 0.3) is 0 Å². The van der Waals surface area contributed by atoms with Crippen molar-refractivity contribution in [1.82, 2.24) is 5.32 Å². The van der Waals surface area contributed by atoms with Crippen molar-refractivity contribution in [2.45, 2.75) is 33.1 Å². The molecule has 0 radical (unpaired) electrons. The van der Waals surface area contributed by atoms with Crippen molar-refractivity contribution in [3.63, 3.8) is 0 Å². The Bertz CT molecular complexity index is 392. The number of amides is 1. The van der Waals surface area contributed by atoms with Crippen LogP contribution < -0.4 is 5.32 Å². The minimum absolute atomic E-state index is 0.0477. The second-order valence-electron chi connectivity index (χ2n) is 5.10. The van der Waals surface area contributed by atoms with E-state index in [1.54, 1.807) is 6.08 Å². The Labute approximate surface area is 110 Å². The van der Waals surface area contributed by atoms with Crippen LogP contribution in [0.1, 0.15) is 37.8 Å². The maximum absolute atomic E-state index is 11.8. The number of rotatable bonds is 6. The molecule has 2 nitrogen and oxygen atoms in total. The largest absolute Gasteiger partial charge is 0.352 e. The molecular formula is C16H23NO. The van der Waals surface area contributed by atoms with E-state index >= 15 is 0 Å². The molecule has 0 aliphatic carbocycles.